The summed E-state index contributed by atoms with van der Waals surface area (Å²) in [7, 11) is 2.18. The highest BCUT2D eigenvalue weighted by atomic mass is 15.1. The Labute approximate surface area is 115 Å². The molecule has 2 aromatic carbocycles. The predicted molar refractivity (Wildman–Crippen MR) is 80.2 cm³/mol. The minimum Gasteiger partial charge on any atom is -0.384 e. The van der Waals surface area contributed by atoms with Gasteiger partial charge in [-0.15, -0.1) is 0 Å². The van der Waals surface area contributed by atoms with Gasteiger partial charge in [-0.25, -0.2) is 0 Å². The van der Waals surface area contributed by atoms with Gasteiger partial charge in [0.2, 0.25) is 0 Å². The van der Waals surface area contributed by atoms with Crippen LogP contribution in [0, 0.1) is 0 Å². The minimum atomic E-state index is 0.996. The highest BCUT2D eigenvalue weighted by Gasteiger charge is 2.10. The molecule has 3 rings (SSSR count). The van der Waals surface area contributed by atoms with Crippen LogP contribution in [0.15, 0.2) is 48.5 Å². The molecule has 19 heavy (non-hydrogen) atoms. The molecule has 1 N–H and O–H groups in total. The van der Waals surface area contributed by atoms with Crippen LogP contribution in [0.1, 0.15) is 16.7 Å². The highest BCUT2D eigenvalue weighted by Crippen LogP contribution is 2.23. The molecule has 0 unspecified atom stereocenters. The average Bonchev–Trinajstić information content (AvgIpc) is 2.87. The molecule has 98 valence electrons. The van der Waals surface area contributed by atoms with E-state index in [1.807, 2.05) is 0 Å². The van der Waals surface area contributed by atoms with Crippen LogP contribution in [0.5, 0.6) is 0 Å². The predicted octanol–water partition coefficient (Wildman–Crippen LogP) is 3.29. The van der Waals surface area contributed by atoms with Crippen molar-refractivity contribution in [2.75, 3.05) is 18.9 Å². The fraction of sp³-hybridized carbons (Fsp3) is 0.294. The quantitative estimate of drug-likeness (QED) is 0.898. The maximum Gasteiger partial charge on any atom is 0.0373 e. The van der Waals surface area contributed by atoms with Crippen molar-refractivity contribution in [1.82, 2.24) is 4.90 Å². The molecular formula is C17H20N2. The average molecular weight is 252 g/mol. The molecule has 0 spiro atoms. The first-order valence-corrected chi connectivity index (χ1v) is 6.89. The number of nitrogens with zero attached hydrogens (tertiary/aromatic N) is 1. The third kappa shape index (κ3) is 2.96. The van der Waals surface area contributed by atoms with Crippen LogP contribution in [-0.2, 0) is 19.5 Å². The van der Waals surface area contributed by atoms with E-state index in [2.05, 4.69) is 65.8 Å². The molecule has 0 atom stereocenters. The Morgan fingerprint density at radius 2 is 1.79 bits per heavy atom. The molecule has 0 fully saturated rings. The summed E-state index contributed by atoms with van der Waals surface area (Å²) in [5.41, 5.74) is 5.55. The lowest BCUT2D eigenvalue weighted by atomic mass is 10.1. The lowest BCUT2D eigenvalue weighted by Crippen LogP contribution is -2.17. The number of anilines is 1. The maximum atomic E-state index is 3.41. The molecule has 2 heteroatoms. The number of hydrogen-bond acceptors (Lipinski definition) is 2. The van der Waals surface area contributed by atoms with Crippen molar-refractivity contribution in [3.63, 3.8) is 0 Å². The second kappa shape index (κ2) is 5.45. The first-order chi connectivity index (χ1) is 9.31. The molecule has 0 amide bonds. The smallest absolute Gasteiger partial charge is 0.0373 e. The van der Waals surface area contributed by atoms with Crippen molar-refractivity contribution in [2.24, 2.45) is 0 Å². The van der Waals surface area contributed by atoms with E-state index in [-0.39, 0.29) is 0 Å². The number of rotatable bonds is 4. The summed E-state index contributed by atoms with van der Waals surface area (Å²) >= 11 is 0. The van der Waals surface area contributed by atoms with Crippen molar-refractivity contribution in [2.45, 2.75) is 19.5 Å². The van der Waals surface area contributed by atoms with E-state index in [4.69, 9.17) is 0 Å². The van der Waals surface area contributed by atoms with Gasteiger partial charge in [0.05, 0.1) is 0 Å². The lowest BCUT2D eigenvalue weighted by Gasteiger charge is -2.17. The van der Waals surface area contributed by atoms with Crippen LogP contribution < -0.4 is 5.32 Å². The number of benzene rings is 2. The molecule has 0 bridgehead atoms. The summed E-state index contributed by atoms with van der Waals surface area (Å²) in [5, 5.41) is 3.41. The zero-order valence-corrected chi connectivity index (χ0v) is 11.4. The third-order valence-corrected chi connectivity index (χ3v) is 3.63. The highest BCUT2D eigenvalue weighted by molar-refractivity contribution is 5.56. The van der Waals surface area contributed by atoms with Crippen LogP contribution in [0.25, 0.3) is 0 Å². The fourth-order valence-electron chi connectivity index (χ4n) is 2.72. The van der Waals surface area contributed by atoms with E-state index in [0.29, 0.717) is 0 Å². The number of fused-ring (bicyclic) bond motifs is 1. The Morgan fingerprint density at radius 3 is 2.63 bits per heavy atom. The second-order valence-electron chi connectivity index (χ2n) is 5.33. The van der Waals surface area contributed by atoms with Crippen LogP contribution in [0.4, 0.5) is 5.69 Å². The van der Waals surface area contributed by atoms with Crippen molar-refractivity contribution in [3.8, 4) is 0 Å². The van der Waals surface area contributed by atoms with Crippen LogP contribution in [0.2, 0.25) is 0 Å². The van der Waals surface area contributed by atoms with Gasteiger partial charge in [0.25, 0.3) is 0 Å². The first-order valence-electron chi connectivity index (χ1n) is 6.89. The number of hydrogen-bond donors (Lipinski definition) is 1. The molecule has 1 heterocycles. The minimum absolute atomic E-state index is 0.996. The van der Waals surface area contributed by atoms with Crippen LogP contribution in [0.3, 0.4) is 0 Å². The molecule has 0 saturated carbocycles. The van der Waals surface area contributed by atoms with Gasteiger partial charge in [-0.1, -0.05) is 42.5 Å². The van der Waals surface area contributed by atoms with Gasteiger partial charge in [0, 0.05) is 25.3 Å². The van der Waals surface area contributed by atoms with Crippen LogP contribution >= 0.6 is 0 Å². The normalized spacial score (nSPS) is 13.4. The second-order valence-corrected chi connectivity index (χ2v) is 5.33. The Bertz CT molecular complexity index is 548. The summed E-state index contributed by atoms with van der Waals surface area (Å²) in [5.74, 6) is 0. The lowest BCUT2D eigenvalue weighted by molar-refractivity contribution is 0.319. The van der Waals surface area contributed by atoms with Crippen LogP contribution in [-0.4, -0.2) is 18.5 Å². The monoisotopic (exact) mass is 252 g/mol. The molecule has 0 radical (unpaired) electrons. The zero-order chi connectivity index (χ0) is 13.1. The zero-order valence-electron chi connectivity index (χ0n) is 11.4. The molecule has 0 saturated heterocycles. The van der Waals surface area contributed by atoms with Crippen molar-refractivity contribution in [3.05, 3.63) is 65.2 Å². The van der Waals surface area contributed by atoms with Gasteiger partial charge in [0.1, 0.15) is 0 Å². The first kappa shape index (κ1) is 12.2. The Hall–Kier alpha value is -1.80. The van der Waals surface area contributed by atoms with E-state index in [0.717, 1.165) is 26.1 Å². The molecule has 0 aliphatic carbocycles. The van der Waals surface area contributed by atoms with E-state index in [9.17, 15) is 0 Å². The summed E-state index contributed by atoms with van der Waals surface area (Å²) in [4.78, 5) is 2.36. The van der Waals surface area contributed by atoms with E-state index in [1.54, 1.807) is 0 Å². The van der Waals surface area contributed by atoms with E-state index in [1.165, 1.54) is 22.4 Å². The molecule has 2 nitrogen and oxygen atoms in total. The van der Waals surface area contributed by atoms with E-state index >= 15 is 0 Å². The largest absolute Gasteiger partial charge is 0.384 e. The summed E-state index contributed by atoms with van der Waals surface area (Å²) in [6.45, 7) is 3.08. The third-order valence-electron chi connectivity index (χ3n) is 3.63. The molecular weight excluding hydrogens is 232 g/mol. The van der Waals surface area contributed by atoms with Gasteiger partial charge in [-0.2, -0.15) is 0 Å². The summed E-state index contributed by atoms with van der Waals surface area (Å²) in [6.07, 6.45) is 1.16. The van der Waals surface area contributed by atoms with E-state index < -0.39 is 0 Å². The molecule has 1 aliphatic rings. The molecule has 2 aromatic rings. The standard InChI is InChI=1S/C17H20N2/c1-19(12-14-5-3-2-4-6-14)13-15-7-8-17-16(11-15)9-10-18-17/h2-8,11,18H,9-10,12-13H2,1H3. The topological polar surface area (TPSA) is 15.3 Å². The Morgan fingerprint density at radius 1 is 1.00 bits per heavy atom. The van der Waals surface area contributed by atoms with Crippen molar-refractivity contribution in [1.29, 1.82) is 0 Å². The van der Waals surface area contributed by atoms with Gasteiger partial charge in [0.15, 0.2) is 0 Å². The SMILES string of the molecule is CN(Cc1ccccc1)Cc1ccc2c(c1)CCN2. The Kier molecular flexibility index (Phi) is 3.51. The molecule has 0 aromatic heterocycles. The number of nitrogens with one attached hydrogen (secondary N) is 1. The maximum absolute atomic E-state index is 3.41. The summed E-state index contributed by atoms with van der Waals surface area (Å²) in [6, 6.07) is 17.4. The van der Waals surface area contributed by atoms with Crippen molar-refractivity contribution < 1.29 is 0 Å². The van der Waals surface area contributed by atoms with Gasteiger partial charge < -0.3 is 5.32 Å². The fourth-order valence-corrected chi connectivity index (χ4v) is 2.72. The summed E-state index contributed by atoms with van der Waals surface area (Å²) < 4.78 is 0. The molecule has 1 aliphatic heterocycles. The van der Waals surface area contributed by atoms with Crippen molar-refractivity contribution >= 4 is 5.69 Å². The van der Waals surface area contributed by atoms with Gasteiger partial charge in [-0.3, -0.25) is 4.90 Å². The van der Waals surface area contributed by atoms with Gasteiger partial charge in [-0.05, 0) is 36.2 Å². The van der Waals surface area contributed by atoms with Gasteiger partial charge >= 0.3 is 0 Å². The Balaban J connectivity index is 1.65.